The molecule has 3 aromatic rings. The number of pyridine rings is 1. The number of anilines is 1. The average molecular weight is 414 g/mol. The highest BCUT2D eigenvalue weighted by atomic mass is 19.1. The number of aromatic nitrogens is 3. The fraction of sp³-hybridized carbons (Fsp3) is 0.450. The molecule has 0 aromatic carbocycles. The zero-order valence-corrected chi connectivity index (χ0v) is 16.5. The molecule has 1 aliphatic carbocycles. The summed E-state index contributed by atoms with van der Waals surface area (Å²) in [4.78, 5) is 31.3. The summed E-state index contributed by atoms with van der Waals surface area (Å²) in [5, 5.41) is 0. The molecule has 5 rings (SSSR count). The Kier molecular flexibility index (Phi) is 4.21. The Morgan fingerprint density at radius 1 is 1.30 bits per heavy atom. The van der Waals surface area contributed by atoms with Crippen molar-refractivity contribution < 1.29 is 8.81 Å². The van der Waals surface area contributed by atoms with Gasteiger partial charge in [0.25, 0.3) is 5.56 Å². The first-order chi connectivity index (χ1) is 14.4. The largest absolute Gasteiger partial charge is 0.451 e. The molecule has 2 atom stereocenters. The van der Waals surface area contributed by atoms with Crippen LogP contribution in [0.3, 0.4) is 0 Å². The number of aryl methyl sites for hydroxylation is 1. The minimum atomic E-state index is -0.750. The van der Waals surface area contributed by atoms with Crippen molar-refractivity contribution in [3.05, 3.63) is 62.3 Å². The van der Waals surface area contributed by atoms with Crippen molar-refractivity contribution in [1.82, 2.24) is 14.1 Å². The zero-order valence-electron chi connectivity index (χ0n) is 16.5. The third-order valence-electron chi connectivity index (χ3n) is 6.36. The molecule has 10 heteroatoms. The molecule has 9 nitrogen and oxygen atoms in total. The van der Waals surface area contributed by atoms with Gasteiger partial charge in [0.2, 0.25) is 0 Å². The van der Waals surface area contributed by atoms with Gasteiger partial charge in [-0.25, -0.2) is 14.2 Å². The highest BCUT2D eigenvalue weighted by Crippen LogP contribution is 2.42. The maximum Gasteiger partial charge on any atom is 0.354 e. The fourth-order valence-corrected chi connectivity index (χ4v) is 4.67. The number of hydrogen-bond donors (Lipinski definition) is 2. The minimum absolute atomic E-state index is 0.0480. The van der Waals surface area contributed by atoms with Gasteiger partial charge in [-0.15, -0.1) is 0 Å². The van der Waals surface area contributed by atoms with E-state index in [2.05, 4.69) is 4.98 Å². The standard InChI is InChI=1S/C20H23FN6O3/c1-10-17(25-5-4-12(6-25)16(22)14-8-30-9-24-14)13(21)7-26-18(10)15(11-2-3-11)19(28)27(23)20(26)29/h7-9,11-12,16H,2-6,22-23H2,1H3. The maximum atomic E-state index is 15.2. The molecule has 4 heterocycles. The summed E-state index contributed by atoms with van der Waals surface area (Å²) in [6, 6.07) is -0.313. The molecular weight excluding hydrogens is 391 g/mol. The van der Waals surface area contributed by atoms with Gasteiger partial charge in [-0.2, -0.15) is 4.68 Å². The molecular formula is C20H23FN6O3. The normalized spacial score (nSPS) is 20.2. The second-order valence-electron chi connectivity index (χ2n) is 8.25. The van der Waals surface area contributed by atoms with E-state index in [0.29, 0.717) is 45.8 Å². The second kappa shape index (κ2) is 6.69. The van der Waals surface area contributed by atoms with Gasteiger partial charge in [0.15, 0.2) is 12.2 Å². The van der Waals surface area contributed by atoms with Crippen molar-refractivity contribution in [3.8, 4) is 0 Å². The zero-order chi connectivity index (χ0) is 21.2. The predicted octanol–water partition coefficient (Wildman–Crippen LogP) is 1.01. The highest BCUT2D eigenvalue weighted by molar-refractivity contribution is 5.72. The molecule has 2 aliphatic rings. The van der Waals surface area contributed by atoms with E-state index in [0.717, 1.165) is 29.9 Å². The lowest BCUT2D eigenvalue weighted by Gasteiger charge is -2.25. The topological polar surface area (TPSA) is 125 Å². The van der Waals surface area contributed by atoms with E-state index in [-0.39, 0.29) is 17.9 Å². The lowest BCUT2D eigenvalue weighted by molar-refractivity contribution is 0.462. The Hall–Kier alpha value is -3.14. The molecule has 4 N–H and O–H groups in total. The molecule has 0 radical (unpaired) electrons. The molecule has 0 spiro atoms. The monoisotopic (exact) mass is 414 g/mol. The van der Waals surface area contributed by atoms with Crippen LogP contribution in [0.4, 0.5) is 10.1 Å². The van der Waals surface area contributed by atoms with E-state index in [4.69, 9.17) is 16.0 Å². The Morgan fingerprint density at radius 2 is 2.07 bits per heavy atom. The Balaban J connectivity index is 1.61. The van der Waals surface area contributed by atoms with Gasteiger partial charge in [-0.3, -0.25) is 9.20 Å². The minimum Gasteiger partial charge on any atom is -0.451 e. The van der Waals surface area contributed by atoms with Gasteiger partial charge in [-0.1, -0.05) is 0 Å². The summed E-state index contributed by atoms with van der Waals surface area (Å²) >= 11 is 0. The van der Waals surface area contributed by atoms with Crippen molar-refractivity contribution >= 4 is 11.2 Å². The maximum absolute atomic E-state index is 15.2. The van der Waals surface area contributed by atoms with Gasteiger partial charge in [0, 0.05) is 24.2 Å². The fourth-order valence-electron chi connectivity index (χ4n) is 4.67. The molecule has 2 fully saturated rings. The average Bonchev–Trinajstić information content (AvgIpc) is 3.20. The number of oxazole rings is 1. The van der Waals surface area contributed by atoms with Crippen LogP contribution in [0.5, 0.6) is 0 Å². The van der Waals surface area contributed by atoms with E-state index in [1.165, 1.54) is 12.7 Å². The van der Waals surface area contributed by atoms with Crippen LogP contribution >= 0.6 is 0 Å². The summed E-state index contributed by atoms with van der Waals surface area (Å²) in [7, 11) is 0. The molecule has 1 saturated heterocycles. The van der Waals surface area contributed by atoms with Gasteiger partial charge >= 0.3 is 5.69 Å². The van der Waals surface area contributed by atoms with Crippen LogP contribution in [0.25, 0.3) is 5.52 Å². The van der Waals surface area contributed by atoms with Crippen LogP contribution in [-0.4, -0.2) is 27.2 Å². The summed E-state index contributed by atoms with van der Waals surface area (Å²) in [6.45, 7) is 2.91. The summed E-state index contributed by atoms with van der Waals surface area (Å²) in [5.74, 6) is 5.28. The molecule has 1 aliphatic heterocycles. The molecule has 2 unspecified atom stereocenters. The second-order valence-corrected chi connectivity index (χ2v) is 8.25. The van der Waals surface area contributed by atoms with Crippen molar-refractivity contribution in [3.63, 3.8) is 0 Å². The van der Waals surface area contributed by atoms with E-state index >= 15 is 4.39 Å². The summed E-state index contributed by atoms with van der Waals surface area (Å²) in [5.41, 5.74) is 7.68. The van der Waals surface area contributed by atoms with Crippen molar-refractivity contribution in [1.29, 1.82) is 0 Å². The first-order valence-corrected chi connectivity index (χ1v) is 10.0. The summed E-state index contributed by atoms with van der Waals surface area (Å²) in [6.07, 6.45) is 6.49. The predicted molar refractivity (Wildman–Crippen MR) is 108 cm³/mol. The molecule has 3 aromatic heterocycles. The van der Waals surface area contributed by atoms with Gasteiger partial charge < -0.3 is 20.9 Å². The van der Waals surface area contributed by atoms with E-state index in [9.17, 15) is 9.59 Å². The van der Waals surface area contributed by atoms with Crippen LogP contribution < -0.4 is 27.7 Å². The van der Waals surface area contributed by atoms with Crippen LogP contribution in [-0.2, 0) is 0 Å². The van der Waals surface area contributed by atoms with Crippen molar-refractivity contribution in [2.75, 3.05) is 23.8 Å². The number of rotatable bonds is 4. The van der Waals surface area contributed by atoms with E-state index < -0.39 is 17.1 Å². The SMILES string of the molecule is Cc1c(N2CCC(C(N)c3cocn3)C2)c(F)cn2c(=O)n(N)c(=O)c(C3CC3)c12. The lowest BCUT2D eigenvalue weighted by atomic mass is 9.97. The molecule has 0 bridgehead atoms. The number of nitrogens with two attached hydrogens (primary N) is 2. The summed E-state index contributed by atoms with van der Waals surface area (Å²) < 4.78 is 22.0. The number of nitrogens with zero attached hydrogens (tertiary/aromatic N) is 4. The van der Waals surface area contributed by atoms with Crippen molar-refractivity contribution in [2.45, 2.75) is 38.1 Å². The molecule has 0 amide bonds. The third kappa shape index (κ3) is 2.74. The molecule has 30 heavy (non-hydrogen) atoms. The van der Waals surface area contributed by atoms with E-state index in [1.54, 1.807) is 6.92 Å². The first kappa shape index (κ1) is 18.9. The van der Waals surface area contributed by atoms with Gasteiger partial charge in [0.05, 0.1) is 29.1 Å². The number of fused-ring (bicyclic) bond motifs is 1. The number of hydrogen-bond acceptors (Lipinski definition) is 7. The van der Waals surface area contributed by atoms with Gasteiger partial charge in [0.1, 0.15) is 6.26 Å². The Morgan fingerprint density at radius 3 is 2.73 bits per heavy atom. The van der Waals surface area contributed by atoms with Crippen LogP contribution in [0.15, 0.2) is 32.9 Å². The van der Waals surface area contributed by atoms with Crippen LogP contribution in [0.2, 0.25) is 0 Å². The Labute approximate surface area is 170 Å². The number of nitrogen functional groups attached to an aromatic ring is 1. The first-order valence-electron chi connectivity index (χ1n) is 10.0. The van der Waals surface area contributed by atoms with Crippen LogP contribution in [0.1, 0.15) is 48.0 Å². The molecule has 158 valence electrons. The van der Waals surface area contributed by atoms with Crippen LogP contribution in [0, 0.1) is 18.7 Å². The Bertz CT molecular complexity index is 1240. The van der Waals surface area contributed by atoms with Gasteiger partial charge in [-0.05, 0) is 38.0 Å². The van der Waals surface area contributed by atoms with Crippen molar-refractivity contribution in [2.24, 2.45) is 11.7 Å². The van der Waals surface area contributed by atoms with E-state index in [1.807, 2.05) is 4.90 Å². The quantitative estimate of drug-likeness (QED) is 0.611. The smallest absolute Gasteiger partial charge is 0.354 e. The molecule has 1 saturated carbocycles. The third-order valence-corrected chi connectivity index (χ3v) is 6.36. The number of halogens is 1. The highest BCUT2D eigenvalue weighted by Gasteiger charge is 2.35. The lowest BCUT2D eigenvalue weighted by Crippen LogP contribution is -2.44.